The monoisotopic (exact) mass is 339 g/mol. The number of aryl methyl sites for hydroxylation is 1. The van der Waals surface area contributed by atoms with Gasteiger partial charge in [0.2, 0.25) is 11.1 Å². The number of carbonyl (C=O) groups excluding carboxylic acids is 1. The normalized spacial score (nSPS) is 11.1. The van der Waals surface area contributed by atoms with Crippen molar-refractivity contribution in [3.63, 3.8) is 0 Å². The van der Waals surface area contributed by atoms with Gasteiger partial charge < -0.3 is 4.90 Å². The van der Waals surface area contributed by atoms with Crippen LogP contribution in [0.1, 0.15) is 25.8 Å². The fourth-order valence-electron chi connectivity index (χ4n) is 2.03. The van der Waals surface area contributed by atoms with Gasteiger partial charge in [0, 0.05) is 32.3 Å². The van der Waals surface area contributed by atoms with Crippen molar-refractivity contribution in [1.82, 2.24) is 25.1 Å². The summed E-state index contributed by atoms with van der Waals surface area (Å²) in [6, 6.07) is 2.07. The Balaban J connectivity index is 1.86. The van der Waals surface area contributed by atoms with E-state index >= 15 is 0 Å². The Bertz CT molecular complexity index is 582. The van der Waals surface area contributed by atoms with Crippen molar-refractivity contribution in [2.45, 2.75) is 32.0 Å². The van der Waals surface area contributed by atoms with Crippen LogP contribution in [0.15, 0.2) is 22.0 Å². The van der Waals surface area contributed by atoms with Crippen LogP contribution in [0.2, 0.25) is 0 Å². The van der Waals surface area contributed by atoms with Crippen LogP contribution >= 0.6 is 23.1 Å². The zero-order valence-electron chi connectivity index (χ0n) is 13.1. The lowest BCUT2D eigenvalue weighted by Gasteiger charge is -2.24. The Morgan fingerprint density at radius 1 is 1.50 bits per heavy atom. The number of thiophene rings is 1. The third-order valence-corrected chi connectivity index (χ3v) is 4.76. The molecule has 0 radical (unpaired) electrons. The summed E-state index contributed by atoms with van der Waals surface area (Å²) >= 11 is 3.17. The molecule has 2 aromatic heterocycles. The van der Waals surface area contributed by atoms with E-state index in [1.807, 2.05) is 10.3 Å². The van der Waals surface area contributed by atoms with E-state index in [9.17, 15) is 4.79 Å². The van der Waals surface area contributed by atoms with Gasteiger partial charge in [0.05, 0.1) is 0 Å². The minimum absolute atomic E-state index is 0.183. The molecule has 1 amide bonds. The lowest BCUT2D eigenvalue weighted by Crippen LogP contribution is -2.33. The molecule has 2 aromatic rings. The Hall–Kier alpha value is -1.41. The van der Waals surface area contributed by atoms with E-state index in [1.165, 1.54) is 17.3 Å². The molecule has 0 saturated heterocycles. The second-order valence-corrected chi connectivity index (χ2v) is 7.33. The van der Waals surface area contributed by atoms with Crippen LogP contribution in [-0.2, 0) is 18.4 Å². The summed E-state index contributed by atoms with van der Waals surface area (Å²) < 4.78 is 1.62. The van der Waals surface area contributed by atoms with Crippen molar-refractivity contribution in [3.8, 4) is 0 Å². The lowest BCUT2D eigenvalue weighted by molar-refractivity contribution is -0.131. The molecular formula is C14H21N5OS2. The van der Waals surface area contributed by atoms with Gasteiger partial charge in [0.1, 0.15) is 0 Å². The molecule has 2 rings (SSSR count). The molecule has 22 heavy (non-hydrogen) atoms. The second-order valence-electron chi connectivity index (χ2n) is 5.48. The Labute approximate surface area is 138 Å². The average molecular weight is 339 g/mol. The first-order valence-electron chi connectivity index (χ1n) is 7.20. The van der Waals surface area contributed by atoms with Gasteiger partial charge in [-0.25, -0.2) is 4.68 Å². The third-order valence-electron chi connectivity index (χ3n) is 3.02. The summed E-state index contributed by atoms with van der Waals surface area (Å²) in [5, 5.41) is 16.2. The van der Waals surface area contributed by atoms with E-state index < -0.39 is 0 Å². The van der Waals surface area contributed by atoms with Gasteiger partial charge in [0.15, 0.2) is 0 Å². The number of rotatable bonds is 8. The summed E-state index contributed by atoms with van der Waals surface area (Å²) in [6.07, 6.45) is 0.494. The van der Waals surface area contributed by atoms with E-state index in [0.29, 0.717) is 24.6 Å². The smallest absolute Gasteiger partial charge is 0.223 e. The van der Waals surface area contributed by atoms with E-state index in [0.717, 1.165) is 11.7 Å². The van der Waals surface area contributed by atoms with Gasteiger partial charge in [0.25, 0.3) is 0 Å². The number of carbonyl (C=O) groups is 1. The number of aromatic nitrogens is 4. The lowest BCUT2D eigenvalue weighted by atomic mass is 10.2. The van der Waals surface area contributed by atoms with Gasteiger partial charge in [-0.15, -0.1) is 5.10 Å². The molecule has 0 atom stereocenters. The van der Waals surface area contributed by atoms with Crippen molar-refractivity contribution in [2.75, 3.05) is 12.3 Å². The van der Waals surface area contributed by atoms with Crippen molar-refractivity contribution in [3.05, 3.63) is 22.4 Å². The maximum absolute atomic E-state index is 12.5. The van der Waals surface area contributed by atoms with E-state index in [4.69, 9.17) is 0 Å². The summed E-state index contributed by atoms with van der Waals surface area (Å²) in [5.74, 6) is 1.33. The number of hydrogen-bond donors (Lipinski definition) is 0. The van der Waals surface area contributed by atoms with Crippen molar-refractivity contribution >= 4 is 29.0 Å². The summed E-state index contributed by atoms with van der Waals surface area (Å²) in [6.45, 7) is 5.74. The summed E-state index contributed by atoms with van der Waals surface area (Å²) in [4.78, 5) is 14.4. The molecule has 0 fully saturated rings. The molecule has 0 aliphatic rings. The zero-order chi connectivity index (χ0) is 15.9. The maximum atomic E-state index is 12.5. The molecule has 6 nitrogen and oxygen atoms in total. The second kappa shape index (κ2) is 8.28. The number of tetrazole rings is 1. The molecule has 0 saturated carbocycles. The Kier molecular flexibility index (Phi) is 6.38. The molecule has 0 bridgehead atoms. The molecule has 0 spiro atoms. The van der Waals surface area contributed by atoms with Crippen LogP contribution < -0.4 is 0 Å². The van der Waals surface area contributed by atoms with Gasteiger partial charge in [-0.3, -0.25) is 4.79 Å². The number of amides is 1. The fourth-order valence-corrected chi connectivity index (χ4v) is 3.47. The first-order chi connectivity index (χ1) is 10.6. The summed E-state index contributed by atoms with van der Waals surface area (Å²) in [7, 11) is 1.80. The third kappa shape index (κ3) is 5.10. The first kappa shape index (κ1) is 17.0. The van der Waals surface area contributed by atoms with Gasteiger partial charge in [-0.2, -0.15) is 11.3 Å². The van der Waals surface area contributed by atoms with Crippen molar-refractivity contribution < 1.29 is 4.79 Å². The maximum Gasteiger partial charge on any atom is 0.223 e. The number of hydrogen-bond acceptors (Lipinski definition) is 6. The molecule has 120 valence electrons. The molecule has 2 heterocycles. The summed E-state index contributed by atoms with van der Waals surface area (Å²) in [5.41, 5.74) is 1.20. The van der Waals surface area contributed by atoms with Crippen LogP contribution in [0.3, 0.4) is 0 Å². The van der Waals surface area contributed by atoms with Crippen LogP contribution in [0.4, 0.5) is 0 Å². The molecule has 0 aromatic carbocycles. The topological polar surface area (TPSA) is 63.9 Å². The highest BCUT2D eigenvalue weighted by Gasteiger charge is 2.16. The van der Waals surface area contributed by atoms with Gasteiger partial charge in [-0.05, 0) is 38.7 Å². The number of thioether (sulfide) groups is 1. The molecular weight excluding hydrogens is 318 g/mol. The van der Waals surface area contributed by atoms with Crippen molar-refractivity contribution in [2.24, 2.45) is 13.0 Å². The van der Waals surface area contributed by atoms with E-state index in [-0.39, 0.29) is 5.91 Å². The quantitative estimate of drug-likeness (QED) is 0.691. The van der Waals surface area contributed by atoms with E-state index in [2.05, 4.69) is 40.8 Å². The Morgan fingerprint density at radius 2 is 2.32 bits per heavy atom. The van der Waals surface area contributed by atoms with Crippen molar-refractivity contribution in [1.29, 1.82) is 0 Å². The minimum atomic E-state index is 0.183. The minimum Gasteiger partial charge on any atom is -0.338 e. The molecule has 0 aliphatic carbocycles. The highest BCUT2D eigenvalue weighted by atomic mass is 32.2. The Morgan fingerprint density at radius 3 is 2.91 bits per heavy atom. The predicted molar refractivity (Wildman–Crippen MR) is 88.7 cm³/mol. The first-order valence-corrected chi connectivity index (χ1v) is 9.13. The SMILES string of the molecule is CC(C)CN(Cc1ccsc1)C(=O)CCSc1nnnn1C. The molecule has 8 heteroatoms. The number of nitrogens with zero attached hydrogens (tertiary/aromatic N) is 5. The highest BCUT2D eigenvalue weighted by molar-refractivity contribution is 7.99. The fraction of sp³-hybridized carbons (Fsp3) is 0.571. The van der Waals surface area contributed by atoms with Crippen LogP contribution in [-0.4, -0.2) is 43.3 Å². The highest BCUT2D eigenvalue weighted by Crippen LogP contribution is 2.16. The van der Waals surface area contributed by atoms with Gasteiger partial charge in [-0.1, -0.05) is 25.6 Å². The predicted octanol–water partition coefficient (Wildman–Crippen LogP) is 2.44. The van der Waals surface area contributed by atoms with Crippen LogP contribution in [0.25, 0.3) is 0 Å². The largest absolute Gasteiger partial charge is 0.338 e. The molecule has 0 N–H and O–H groups in total. The van der Waals surface area contributed by atoms with Crippen LogP contribution in [0, 0.1) is 5.92 Å². The average Bonchev–Trinajstić information content (AvgIpc) is 3.10. The van der Waals surface area contributed by atoms with Gasteiger partial charge >= 0.3 is 0 Å². The van der Waals surface area contributed by atoms with E-state index in [1.54, 1.807) is 23.1 Å². The molecule has 0 aliphatic heterocycles. The zero-order valence-corrected chi connectivity index (χ0v) is 14.7. The van der Waals surface area contributed by atoms with Crippen LogP contribution in [0.5, 0.6) is 0 Å². The standard InChI is InChI=1S/C14H21N5OS2/c1-11(2)8-19(9-12-4-6-21-10-12)13(20)5-7-22-14-15-16-17-18(14)3/h4,6,10-11H,5,7-9H2,1-3H3. The molecule has 0 unspecified atom stereocenters.